The third-order valence-corrected chi connectivity index (χ3v) is 3.34. The highest BCUT2D eigenvalue weighted by molar-refractivity contribution is 5.56. The number of hydrogen-bond acceptors (Lipinski definition) is 3. The Morgan fingerprint density at radius 3 is 2.79 bits per heavy atom. The number of anilines is 1. The van der Waals surface area contributed by atoms with Gasteiger partial charge in [-0.05, 0) is 23.8 Å². The zero-order valence-electron chi connectivity index (χ0n) is 10.9. The highest BCUT2D eigenvalue weighted by atomic mass is 16.5. The quantitative estimate of drug-likeness (QED) is 0.910. The molecule has 0 saturated heterocycles. The van der Waals surface area contributed by atoms with Gasteiger partial charge in [-0.25, -0.2) is 0 Å². The fraction of sp³-hybridized carbons (Fsp3) is 0.250. The molecule has 1 N–H and O–H groups in total. The first-order chi connectivity index (χ1) is 9.36. The van der Waals surface area contributed by atoms with Crippen LogP contribution in [0.2, 0.25) is 0 Å². The lowest BCUT2D eigenvalue weighted by Crippen LogP contribution is -2.24. The zero-order valence-corrected chi connectivity index (χ0v) is 10.9. The molecular formula is C16H17NO2. The lowest BCUT2D eigenvalue weighted by atomic mass is 10.1. The number of hydrogen-bond donors (Lipinski definition) is 1. The Labute approximate surface area is 113 Å². The SMILES string of the molecule is COc1ccccc1NCC1Cc2ccccc2O1. The van der Waals surface area contributed by atoms with Crippen LogP contribution in [0, 0.1) is 0 Å². The Hall–Kier alpha value is -2.16. The molecule has 19 heavy (non-hydrogen) atoms. The number of benzene rings is 2. The van der Waals surface area contributed by atoms with E-state index in [1.54, 1.807) is 7.11 Å². The maximum atomic E-state index is 5.90. The number of ether oxygens (including phenoxy) is 2. The maximum Gasteiger partial charge on any atom is 0.141 e. The van der Waals surface area contributed by atoms with Gasteiger partial charge in [-0.1, -0.05) is 30.3 Å². The summed E-state index contributed by atoms with van der Waals surface area (Å²) in [5.74, 6) is 1.87. The first-order valence-corrected chi connectivity index (χ1v) is 6.48. The molecule has 0 fully saturated rings. The van der Waals surface area contributed by atoms with E-state index in [2.05, 4.69) is 17.4 Å². The average Bonchev–Trinajstić information content (AvgIpc) is 2.88. The van der Waals surface area contributed by atoms with Crippen LogP contribution in [0.25, 0.3) is 0 Å². The Kier molecular flexibility index (Phi) is 3.27. The van der Waals surface area contributed by atoms with Crippen molar-refractivity contribution < 1.29 is 9.47 Å². The highest BCUT2D eigenvalue weighted by Crippen LogP contribution is 2.29. The monoisotopic (exact) mass is 255 g/mol. The molecule has 3 rings (SSSR count). The van der Waals surface area contributed by atoms with Crippen LogP contribution < -0.4 is 14.8 Å². The molecule has 1 atom stereocenters. The van der Waals surface area contributed by atoms with E-state index < -0.39 is 0 Å². The molecular weight excluding hydrogens is 238 g/mol. The minimum absolute atomic E-state index is 0.183. The van der Waals surface area contributed by atoms with Crippen LogP contribution in [0.5, 0.6) is 11.5 Å². The van der Waals surface area contributed by atoms with E-state index in [1.165, 1.54) is 5.56 Å². The molecule has 2 aromatic carbocycles. The number of nitrogens with one attached hydrogen (secondary N) is 1. The Morgan fingerprint density at radius 1 is 1.16 bits per heavy atom. The van der Waals surface area contributed by atoms with Gasteiger partial charge in [0.2, 0.25) is 0 Å². The summed E-state index contributed by atoms with van der Waals surface area (Å²) in [6, 6.07) is 16.1. The van der Waals surface area contributed by atoms with Crippen molar-refractivity contribution in [3.63, 3.8) is 0 Å². The molecule has 1 aliphatic rings. The van der Waals surface area contributed by atoms with Gasteiger partial charge in [0.1, 0.15) is 17.6 Å². The maximum absolute atomic E-state index is 5.90. The van der Waals surface area contributed by atoms with E-state index in [1.807, 2.05) is 36.4 Å². The Balaban J connectivity index is 1.63. The fourth-order valence-corrected chi connectivity index (χ4v) is 2.38. The minimum atomic E-state index is 0.183. The van der Waals surface area contributed by atoms with Crippen LogP contribution in [-0.2, 0) is 6.42 Å². The predicted octanol–water partition coefficient (Wildman–Crippen LogP) is 3.11. The third kappa shape index (κ3) is 2.50. The summed E-state index contributed by atoms with van der Waals surface area (Å²) < 4.78 is 11.2. The molecule has 0 amide bonds. The molecule has 3 heteroatoms. The van der Waals surface area contributed by atoms with Crippen molar-refractivity contribution in [1.82, 2.24) is 0 Å². The van der Waals surface area contributed by atoms with Gasteiger partial charge < -0.3 is 14.8 Å². The summed E-state index contributed by atoms with van der Waals surface area (Å²) in [5, 5.41) is 3.39. The van der Waals surface area contributed by atoms with Crippen molar-refractivity contribution in [3.05, 3.63) is 54.1 Å². The van der Waals surface area contributed by atoms with E-state index in [0.717, 1.165) is 30.2 Å². The molecule has 0 aliphatic carbocycles. The van der Waals surface area contributed by atoms with Crippen molar-refractivity contribution in [2.75, 3.05) is 19.0 Å². The van der Waals surface area contributed by atoms with Gasteiger partial charge >= 0.3 is 0 Å². The molecule has 0 bridgehead atoms. The number of rotatable bonds is 4. The van der Waals surface area contributed by atoms with Crippen molar-refractivity contribution in [3.8, 4) is 11.5 Å². The van der Waals surface area contributed by atoms with Gasteiger partial charge in [0.25, 0.3) is 0 Å². The zero-order chi connectivity index (χ0) is 13.1. The van der Waals surface area contributed by atoms with Crippen molar-refractivity contribution >= 4 is 5.69 Å². The van der Waals surface area contributed by atoms with E-state index >= 15 is 0 Å². The first kappa shape index (κ1) is 11.9. The van der Waals surface area contributed by atoms with Gasteiger partial charge in [-0.15, -0.1) is 0 Å². The Bertz CT molecular complexity index is 543. The summed E-state index contributed by atoms with van der Waals surface area (Å²) in [6.07, 6.45) is 1.14. The van der Waals surface area contributed by atoms with Gasteiger partial charge in [0.15, 0.2) is 0 Å². The summed E-state index contributed by atoms with van der Waals surface area (Å²) >= 11 is 0. The summed E-state index contributed by atoms with van der Waals surface area (Å²) in [6.45, 7) is 0.773. The Morgan fingerprint density at radius 2 is 1.95 bits per heavy atom. The molecule has 1 aliphatic heterocycles. The first-order valence-electron chi connectivity index (χ1n) is 6.48. The van der Waals surface area contributed by atoms with Crippen LogP contribution >= 0.6 is 0 Å². The van der Waals surface area contributed by atoms with Crippen LogP contribution in [-0.4, -0.2) is 19.8 Å². The second kappa shape index (κ2) is 5.22. The molecule has 2 aromatic rings. The molecule has 0 aromatic heterocycles. The van der Waals surface area contributed by atoms with E-state index in [9.17, 15) is 0 Å². The molecule has 3 nitrogen and oxygen atoms in total. The van der Waals surface area contributed by atoms with E-state index in [-0.39, 0.29) is 6.10 Å². The van der Waals surface area contributed by atoms with Gasteiger partial charge in [0, 0.05) is 6.42 Å². The summed E-state index contributed by atoms with van der Waals surface area (Å²) in [4.78, 5) is 0. The summed E-state index contributed by atoms with van der Waals surface area (Å²) in [7, 11) is 1.68. The molecule has 0 radical (unpaired) electrons. The standard InChI is InChI=1S/C16H17NO2/c1-18-16-9-5-3-7-14(16)17-11-13-10-12-6-2-4-8-15(12)19-13/h2-9,13,17H,10-11H2,1H3. The van der Waals surface area contributed by atoms with Crippen LogP contribution in [0.1, 0.15) is 5.56 Å². The second-order valence-corrected chi connectivity index (χ2v) is 4.63. The van der Waals surface area contributed by atoms with Crippen molar-refractivity contribution in [2.45, 2.75) is 12.5 Å². The lowest BCUT2D eigenvalue weighted by Gasteiger charge is -2.15. The number of methoxy groups -OCH3 is 1. The lowest BCUT2D eigenvalue weighted by molar-refractivity contribution is 0.246. The third-order valence-electron chi connectivity index (χ3n) is 3.34. The molecule has 1 unspecified atom stereocenters. The van der Waals surface area contributed by atoms with Gasteiger partial charge in [0.05, 0.1) is 19.3 Å². The molecule has 98 valence electrons. The normalized spacial score (nSPS) is 16.6. The topological polar surface area (TPSA) is 30.5 Å². The smallest absolute Gasteiger partial charge is 0.141 e. The minimum Gasteiger partial charge on any atom is -0.495 e. The summed E-state index contributed by atoms with van der Waals surface area (Å²) in [5.41, 5.74) is 2.29. The fourth-order valence-electron chi connectivity index (χ4n) is 2.38. The highest BCUT2D eigenvalue weighted by Gasteiger charge is 2.22. The van der Waals surface area contributed by atoms with E-state index in [0.29, 0.717) is 0 Å². The molecule has 1 heterocycles. The number of para-hydroxylation sites is 3. The van der Waals surface area contributed by atoms with E-state index in [4.69, 9.17) is 9.47 Å². The van der Waals surface area contributed by atoms with Crippen LogP contribution in [0.15, 0.2) is 48.5 Å². The van der Waals surface area contributed by atoms with Crippen LogP contribution in [0.4, 0.5) is 5.69 Å². The second-order valence-electron chi connectivity index (χ2n) is 4.63. The van der Waals surface area contributed by atoms with Crippen molar-refractivity contribution in [2.24, 2.45) is 0 Å². The largest absolute Gasteiger partial charge is 0.495 e. The number of fused-ring (bicyclic) bond motifs is 1. The van der Waals surface area contributed by atoms with Crippen LogP contribution in [0.3, 0.4) is 0 Å². The van der Waals surface area contributed by atoms with Crippen molar-refractivity contribution in [1.29, 1.82) is 0 Å². The van der Waals surface area contributed by atoms with Gasteiger partial charge in [-0.3, -0.25) is 0 Å². The molecule has 0 saturated carbocycles. The predicted molar refractivity (Wildman–Crippen MR) is 76.0 cm³/mol. The van der Waals surface area contributed by atoms with Gasteiger partial charge in [-0.2, -0.15) is 0 Å². The average molecular weight is 255 g/mol. The molecule has 0 spiro atoms.